The molecule has 0 fully saturated rings. The first-order valence-electron chi connectivity index (χ1n) is 6.31. The summed E-state index contributed by atoms with van der Waals surface area (Å²) in [5, 5.41) is 6.96. The smallest absolute Gasteiger partial charge is 0.287 e. The summed E-state index contributed by atoms with van der Waals surface area (Å²) in [6.45, 7) is 6.17. The monoisotopic (exact) mass is 360 g/mol. The Bertz CT molecular complexity index is 598. The van der Waals surface area contributed by atoms with Gasteiger partial charge in [-0.2, -0.15) is 0 Å². The van der Waals surface area contributed by atoms with Crippen molar-refractivity contribution in [1.82, 2.24) is 10.6 Å². The van der Waals surface area contributed by atoms with Gasteiger partial charge >= 0.3 is 0 Å². The molecule has 2 rings (SSSR count). The lowest BCUT2D eigenvalue weighted by atomic mass is 10.1. The number of hydrogen-bond acceptors (Lipinski definition) is 3. The molecule has 2 aromatic rings. The highest BCUT2D eigenvalue weighted by Crippen LogP contribution is 2.27. The maximum absolute atomic E-state index is 12.0. The lowest BCUT2D eigenvalue weighted by Gasteiger charge is -2.03. The number of benzene rings is 1. The molecule has 0 saturated carbocycles. The Morgan fingerprint density at radius 3 is 2.80 bits per heavy atom. The van der Waals surface area contributed by atoms with Crippen LogP contribution in [0.5, 0.6) is 0 Å². The zero-order chi connectivity index (χ0) is 13.8. The first-order chi connectivity index (χ1) is 9.13. The number of furan rings is 1. The van der Waals surface area contributed by atoms with E-state index in [1.54, 1.807) is 0 Å². The van der Waals surface area contributed by atoms with Gasteiger partial charge in [0.2, 0.25) is 0 Å². The molecule has 1 amide bonds. The molecule has 1 aromatic carbocycles. The SMILES string of the molecule is CCNCCNC(=O)c1oc2ccc(Br)cc2c1C.Cl. The van der Waals surface area contributed by atoms with E-state index in [0.29, 0.717) is 12.3 Å². The third-order valence-electron chi connectivity index (χ3n) is 2.94. The summed E-state index contributed by atoms with van der Waals surface area (Å²) >= 11 is 3.42. The van der Waals surface area contributed by atoms with Crippen LogP contribution < -0.4 is 10.6 Å². The maximum atomic E-state index is 12.0. The summed E-state index contributed by atoms with van der Waals surface area (Å²) in [7, 11) is 0. The van der Waals surface area contributed by atoms with Crippen LogP contribution >= 0.6 is 28.3 Å². The number of nitrogens with one attached hydrogen (secondary N) is 2. The number of rotatable bonds is 5. The summed E-state index contributed by atoms with van der Waals surface area (Å²) in [6.07, 6.45) is 0. The lowest BCUT2D eigenvalue weighted by Crippen LogP contribution is -2.31. The van der Waals surface area contributed by atoms with E-state index in [0.717, 1.165) is 34.1 Å². The van der Waals surface area contributed by atoms with Gasteiger partial charge in [-0.1, -0.05) is 22.9 Å². The molecule has 0 aliphatic rings. The summed E-state index contributed by atoms with van der Waals surface area (Å²) in [4.78, 5) is 12.0. The van der Waals surface area contributed by atoms with Crippen LogP contribution in [0.3, 0.4) is 0 Å². The Morgan fingerprint density at radius 1 is 1.35 bits per heavy atom. The van der Waals surface area contributed by atoms with Crippen LogP contribution in [0.2, 0.25) is 0 Å². The second-order valence-electron chi connectivity index (χ2n) is 4.31. The van der Waals surface area contributed by atoms with Crippen molar-refractivity contribution in [3.8, 4) is 0 Å². The van der Waals surface area contributed by atoms with Crippen LogP contribution in [0.4, 0.5) is 0 Å². The molecular weight excluding hydrogens is 344 g/mol. The Labute approximate surface area is 132 Å². The standard InChI is InChI=1S/C14H17BrN2O2.ClH/c1-3-16-6-7-17-14(18)13-9(2)11-8-10(15)4-5-12(11)19-13;/h4-5,8,16H,3,6-7H2,1-2H3,(H,17,18);1H. The molecule has 0 aliphatic carbocycles. The van der Waals surface area contributed by atoms with Crippen molar-refractivity contribution < 1.29 is 9.21 Å². The average molecular weight is 362 g/mol. The minimum absolute atomic E-state index is 0. The van der Waals surface area contributed by atoms with Crippen LogP contribution in [0.1, 0.15) is 23.0 Å². The number of halogens is 2. The molecular formula is C14H18BrClN2O2. The minimum atomic E-state index is -0.164. The molecule has 110 valence electrons. The van der Waals surface area contributed by atoms with Crippen LogP contribution in [0.15, 0.2) is 27.1 Å². The van der Waals surface area contributed by atoms with Gasteiger partial charge in [-0.05, 0) is 31.7 Å². The largest absolute Gasteiger partial charge is 0.451 e. The Morgan fingerprint density at radius 2 is 2.10 bits per heavy atom. The van der Waals surface area contributed by atoms with Crippen LogP contribution in [0, 0.1) is 6.92 Å². The molecule has 1 heterocycles. The lowest BCUT2D eigenvalue weighted by molar-refractivity contribution is 0.0927. The molecule has 0 spiro atoms. The van der Waals surface area contributed by atoms with Crippen LogP contribution in [-0.2, 0) is 0 Å². The molecule has 4 nitrogen and oxygen atoms in total. The van der Waals surface area contributed by atoms with Gasteiger partial charge in [0.15, 0.2) is 5.76 Å². The van der Waals surface area contributed by atoms with Crippen molar-refractivity contribution in [1.29, 1.82) is 0 Å². The second kappa shape index (κ2) is 7.67. The fourth-order valence-electron chi connectivity index (χ4n) is 1.93. The molecule has 0 aliphatic heterocycles. The van der Waals surface area contributed by atoms with E-state index >= 15 is 0 Å². The van der Waals surface area contributed by atoms with E-state index in [9.17, 15) is 4.79 Å². The van der Waals surface area contributed by atoms with Gasteiger partial charge in [0.05, 0.1) is 0 Å². The average Bonchev–Trinajstić information content (AvgIpc) is 2.72. The van der Waals surface area contributed by atoms with Gasteiger partial charge < -0.3 is 15.1 Å². The third kappa shape index (κ3) is 3.75. The predicted molar refractivity (Wildman–Crippen MR) is 86.8 cm³/mol. The Hall–Kier alpha value is -1.04. The number of amides is 1. The Kier molecular flexibility index (Phi) is 6.52. The summed E-state index contributed by atoms with van der Waals surface area (Å²) in [5.41, 5.74) is 1.61. The van der Waals surface area contributed by atoms with Gasteiger partial charge in [0.25, 0.3) is 5.91 Å². The molecule has 6 heteroatoms. The number of likely N-dealkylation sites (N-methyl/N-ethyl adjacent to an activating group) is 1. The molecule has 0 bridgehead atoms. The molecule has 0 unspecified atom stereocenters. The van der Waals surface area contributed by atoms with Crippen molar-refractivity contribution in [2.75, 3.05) is 19.6 Å². The number of carbonyl (C=O) groups is 1. The van der Waals surface area contributed by atoms with Gasteiger partial charge in [-0.25, -0.2) is 0 Å². The molecule has 0 atom stereocenters. The second-order valence-corrected chi connectivity index (χ2v) is 5.22. The maximum Gasteiger partial charge on any atom is 0.287 e. The normalized spacial score (nSPS) is 10.3. The zero-order valence-electron chi connectivity index (χ0n) is 11.5. The van der Waals surface area contributed by atoms with Crippen molar-refractivity contribution in [2.24, 2.45) is 0 Å². The highest BCUT2D eigenvalue weighted by Gasteiger charge is 2.17. The van der Waals surface area contributed by atoms with E-state index in [1.165, 1.54) is 0 Å². The fraction of sp³-hybridized carbons (Fsp3) is 0.357. The molecule has 0 radical (unpaired) electrons. The molecule has 20 heavy (non-hydrogen) atoms. The van der Waals surface area contributed by atoms with Crippen LogP contribution in [0.25, 0.3) is 11.0 Å². The summed E-state index contributed by atoms with van der Waals surface area (Å²) in [6, 6.07) is 5.73. The van der Waals surface area contributed by atoms with Crippen LogP contribution in [-0.4, -0.2) is 25.5 Å². The topological polar surface area (TPSA) is 54.3 Å². The van der Waals surface area contributed by atoms with E-state index in [2.05, 4.69) is 26.6 Å². The third-order valence-corrected chi connectivity index (χ3v) is 3.44. The number of aryl methyl sites for hydroxylation is 1. The van der Waals surface area contributed by atoms with Crippen molar-refractivity contribution in [3.63, 3.8) is 0 Å². The first-order valence-corrected chi connectivity index (χ1v) is 7.10. The molecule has 0 saturated heterocycles. The fourth-order valence-corrected chi connectivity index (χ4v) is 2.29. The quantitative estimate of drug-likeness (QED) is 0.804. The highest BCUT2D eigenvalue weighted by atomic mass is 79.9. The summed E-state index contributed by atoms with van der Waals surface area (Å²) < 4.78 is 6.59. The summed E-state index contributed by atoms with van der Waals surface area (Å²) in [5.74, 6) is 0.229. The van der Waals surface area contributed by atoms with Crippen molar-refractivity contribution in [2.45, 2.75) is 13.8 Å². The van der Waals surface area contributed by atoms with Crippen molar-refractivity contribution in [3.05, 3.63) is 34.0 Å². The first kappa shape index (κ1) is 17.0. The van der Waals surface area contributed by atoms with Gasteiger partial charge in [-0.3, -0.25) is 4.79 Å². The van der Waals surface area contributed by atoms with Gasteiger partial charge in [-0.15, -0.1) is 12.4 Å². The van der Waals surface area contributed by atoms with Gasteiger partial charge in [0.1, 0.15) is 5.58 Å². The van der Waals surface area contributed by atoms with E-state index in [1.807, 2.05) is 32.0 Å². The molecule has 1 aromatic heterocycles. The molecule has 2 N–H and O–H groups in total. The predicted octanol–water partition coefficient (Wildman–Crippen LogP) is 3.26. The van der Waals surface area contributed by atoms with E-state index in [4.69, 9.17) is 4.42 Å². The zero-order valence-corrected chi connectivity index (χ0v) is 13.9. The van der Waals surface area contributed by atoms with E-state index in [-0.39, 0.29) is 18.3 Å². The number of fused-ring (bicyclic) bond motifs is 1. The number of hydrogen-bond donors (Lipinski definition) is 2. The van der Waals surface area contributed by atoms with Gasteiger partial charge in [0, 0.05) is 28.5 Å². The number of carbonyl (C=O) groups excluding carboxylic acids is 1. The van der Waals surface area contributed by atoms with E-state index < -0.39 is 0 Å². The highest BCUT2D eigenvalue weighted by molar-refractivity contribution is 9.10. The van der Waals surface area contributed by atoms with Crippen molar-refractivity contribution >= 4 is 45.2 Å². The minimum Gasteiger partial charge on any atom is -0.451 e. The Balaban J connectivity index is 0.00000200.